The average molecular weight is 355 g/mol. The summed E-state index contributed by atoms with van der Waals surface area (Å²) in [6.45, 7) is 1.65. The monoisotopic (exact) mass is 355 g/mol. The third-order valence-corrected chi connectivity index (χ3v) is 4.73. The fourth-order valence-electron chi connectivity index (χ4n) is 3.29. The van der Waals surface area contributed by atoms with Gasteiger partial charge in [0.1, 0.15) is 5.75 Å². The lowest BCUT2D eigenvalue weighted by Crippen LogP contribution is -2.33. The van der Waals surface area contributed by atoms with E-state index in [1.54, 1.807) is 4.90 Å². The van der Waals surface area contributed by atoms with Gasteiger partial charge in [0.15, 0.2) is 6.61 Å². The molecular weight excluding hydrogens is 334 g/mol. The predicted molar refractivity (Wildman–Crippen MR) is 96.9 cm³/mol. The maximum atomic E-state index is 12.5. The number of carbonyl (C=O) groups is 1. The summed E-state index contributed by atoms with van der Waals surface area (Å²) >= 11 is 0. The van der Waals surface area contributed by atoms with Crippen LogP contribution in [0.3, 0.4) is 0 Å². The maximum absolute atomic E-state index is 12.5. The Morgan fingerprint density at radius 1 is 1.15 bits per heavy atom. The molecule has 2 N–H and O–H groups in total. The van der Waals surface area contributed by atoms with Crippen LogP contribution in [0.4, 0.5) is 5.69 Å². The molecular formula is C19H21N3O4. The fourth-order valence-corrected chi connectivity index (χ4v) is 3.29. The summed E-state index contributed by atoms with van der Waals surface area (Å²) in [5.41, 5.74) is 7.08. The largest absolute Gasteiger partial charge is 0.484 e. The Bertz CT molecular complexity index is 764. The summed E-state index contributed by atoms with van der Waals surface area (Å²) < 4.78 is 5.48. The molecule has 1 aliphatic heterocycles. The van der Waals surface area contributed by atoms with Crippen LogP contribution in [0.25, 0.3) is 0 Å². The molecule has 2 atom stereocenters. The van der Waals surface area contributed by atoms with Crippen molar-refractivity contribution in [3.63, 3.8) is 0 Å². The molecule has 0 aromatic heterocycles. The van der Waals surface area contributed by atoms with Crippen molar-refractivity contribution in [2.24, 2.45) is 11.7 Å². The van der Waals surface area contributed by atoms with E-state index in [1.807, 2.05) is 18.2 Å². The van der Waals surface area contributed by atoms with Gasteiger partial charge in [0.2, 0.25) is 0 Å². The number of rotatable bonds is 6. The number of nitrogens with zero attached hydrogens (tertiary/aromatic N) is 2. The van der Waals surface area contributed by atoms with Gasteiger partial charge < -0.3 is 15.4 Å². The first kappa shape index (κ1) is 17.9. The third-order valence-electron chi connectivity index (χ3n) is 4.73. The zero-order chi connectivity index (χ0) is 18.5. The second kappa shape index (κ2) is 7.97. The molecule has 0 radical (unpaired) electrons. The molecule has 7 nitrogen and oxygen atoms in total. The van der Waals surface area contributed by atoms with Crippen molar-refractivity contribution in [3.05, 3.63) is 70.3 Å². The lowest BCUT2D eigenvalue weighted by molar-refractivity contribution is -0.384. The van der Waals surface area contributed by atoms with E-state index >= 15 is 0 Å². The SMILES string of the molecule is NC[C@@H]1CN(C(=O)COc2ccc([N+](=O)[O-])cc2)C[C@H]1c1ccccc1. The van der Waals surface area contributed by atoms with Gasteiger partial charge in [-0.2, -0.15) is 0 Å². The molecule has 0 bridgehead atoms. The molecule has 1 saturated heterocycles. The predicted octanol–water partition coefficient (Wildman–Crippen LogP) is 2.17. The van der Waals surface area contributed by atoms with Gasteiger partial charge in [-0.25, -0.2) is 0 Å². The zero-order valence-corrected chi connectivity index (χ0v) is 14.3. The smallest absolute Gasteiger partial charge is 0.269 e. The molecule has 7 heteroatoms. The Balaban J connectivity index is 1.59. The highest BCUT2D eigenvalue weighted by Crippen LogP contribution is 2.32. The quantitative estimate of drug-likeness (QED) is 0.632. The summed E-state index contributed by atoms with van der Waals surface area (Å²) in [6, 6.07) is 15.8. The number of ether oxygens (including phenoxy) is 1. The first-order valence-electron chi connectivity index (χ1n) is 8.48. The summed E-state index contributed by atoms with van der Waals surface area (Å²) in [5.74, 6) is 0.767. The van der Waals surface area contributed by atoms with Crippen molar-refractivity contribution < 1.29 is 14.5 Å². The van der Waals surface area contributed by atoms with Crippen LogP contribution in [-0.4, -0.2) is 42.0 Å². The van der Waals surface area contributed by atoms with Crippen LogP contribution in [0.2, 0.25) is 0 Å². The zero-order valence-electron chi connectivity index (χ0n) is 14.3. The summed E-state index contributed by atoms with van der Waals surface area (Å²) in [5, 5.41) is 10.7. The van der Waals surface area contributed by atoms with E-state index in [9.17, 15) is 14.9 Å². The van der Waals surface area contributed by atoms with Crippen LogP contribution in [0.1, 0.15) is 11.5 Å². The van der Waals surface area contributed by atoms with Crippen molar-refractivity contribution in [2.75, 3.05) is 26.2 Å². The molecule has 1 fully saturated rings. The van der Waals surface area contributed by atoms with Crippen molar-refractivity contribution in [2.45, 2.75) is 5.92 Å². The Morgan fingerprint density at radius 3 is 2.46 bits per heavy atom. The number of amides is 1. The number of non-ortho nitro benzene ring substituents is 1. The molecule has 0 saturated carbocycles. The number of carbonyl (C=O) groups excluding carboxylic acids is 1. The molecule has 1 aliphatic rings. The van der Waals surface area contributed by atoms with Gasteiger partial charge in [0, 0.05) is 31.1 Å². The van der Waals surface area contributed by atoms with Crippen molar-refractivity contribution in [1.82, 2.24) is 4.90 Å². The first-order valence-corrected chi connectivity index (χ1v) is 8.48. The number of hydrogen-bond acceptors (Lipinski definition) is 5. The van der Waals surface area contributed by atoms with Crippen LogP contribution in [-0.2, 0) is 4.79 Å². The minimum atomic E-state index is -0.476. The van der Waals surface area contributed by atoms with E-state index in [-0.39, 0.29) is 30.0 Å². The maximum Gasteiger partial charge on any atom is 0.269 e. The van der Waals surface area contributed by atoms with E-state index in [2.05, 4.69) is 12.1 Å². The molecule has 3 rings (SSSR count). The highest BCUT2D eigenvalue weighted by molar-refractivity contribution is 5.78. The molecule has 2 aromatic carbocycles. The van der Waals surface area contributed by atoms with Gasteiger partial charge in [-0.15, -0.1) is 0 Å². The van der Waals surface area contributed by atoms with E-state index in [1.165, 1.54) is 29.8 Å². The van der Waals surface area contributed by atoms with Gasteiger partial charge in [-0.3, -0.25) is 14.9 Å². The topological polar surface area (TPSA) is 98.7 Å². The molecule has 0 aliphatic carbocycles. The van der Waals surface area contributed by atoms with Crippen molar-refractivity contribution >= 4 is 11.6 Å². The number of nitro groups is 1. The number of likely N-dealkylation sites (tertiary alicyclic amines) is 1. The molecule has 2 aromatic rings. The lowest BCUT2D eigenvalue weighted by Gasteiger charge is -2.17. The number of benzene rings is 2. The second-order valence-corrected chi connectivity index (χ2v) is 6.35. The molecule has 1 amide bonds. The molecule has 26 heavy (non-hydrogen) atoms. The number of hydrogen-bond donors (Lipinski definition) is 1. The van der Waals surface area contributed by atoms with E-state index < -0.39 is 4.92 Å². The highest BCUT2D eigenvalue weighted by Gasteiger charge is 2.35. The van der Waals surface area contributed by atoms with Crippen LogP contribution < -0.4 is 10.5 Å². The fraction of sp³-hybridized carbons (Fsp3) is 0.316. The normalized spacial score (nSPS) is 19.3. The number of nitro benzene ring substituents is 1. The standard InChI is InChI=1S/C19H21N3O4/c20-10-15-11-21(12-18(15)14-4-2-1-3-5-14)19(23)13-26-17-8-6-16(7-9-17)22(24)25/h1-9,15,18H,10-13,20H2/t15-,18+/m1/s1. The number of nitrogens with two attached hydrogens (primary N) is 1. The van der Waals surface area contributed by atoms with Gasteiger partial charge in [0.05, 0.1) is 4.92 Å². The van der Waals surface area contributed by atoms with Crippen molar-refractivity contribution in [1.29, 1.82) is 0 Å². The highest BCUT2D eigenvalue weighted by atomic mass is 16.6. The Kier molecular flexibility index (Phi) is 5.48. The van der Waals surface area contributed by atoms with Crippen LogP contribution in [0.5, 0.6) is 5.75 Å². The molecule has 0 unspecified atom stereocenters. The van der Waals surface area contributed by atoms with Crippen LogP contribution in [0.15, 0.2) is 54.6 Å². The molecule has 136 valence electrons. The van der Waals surface area contributed by atoms with Gasteiger partial charge in [-0.1, -0.05) is 30.3 Å². The Hall–Kier alpha value is -2.93. The van der Waals surface area contributed by atoms with Crippen LogP contribution >= 0.6 is 0 Å². The molecule has 1 heterocycles. The van der Waals surface area contributed by atoms with E-state index in [0.29, 0.717) is 25.4 Å². The minimum absolute atomic E-state index is 0.0142. The Labute approximate surface area is 151 Å². The lowest BCUT2D eigenvalue weighted by atomic mass is 9.89. The summed E-state index contributed by atoms with van der Waals surface area (Å²) in [4.78, 5) is 24.4. The van der Waals surface area contributed by atoms with Gasteiger partial charge in [-0.05, 0) is 30.2 Å². The van der Waals surface area contributed by atoms with Gasteiger partial charge in [0.25, 0.3) is 11.6 Å². The minimum Gasteiger partial charge on any atom is -0.484 e. The van der Waals surface area contributed by atoms with Crippen LogP contribution in [0, 0.1) is 16.0 Å². The molecule has 0 spiro atoms. The Morgan fingerprint density at radius 2 is 1.85 bits per heavy atom. The van der Waals surface area contributed by atoms with Gasteiger partial charge >= 0.3 is 0 Å². The summed E-state index contributed by atoms with van der Waals surface area (Å²) in [7, 11) is 0. The van der Waals surface area contributed by atoms with E-state index in [4.69, 9.17) is 10.5 Å². The summed E-state index contributed by atoms with van der Waals surface area (Å²) in [6.07, 6.45) is 0. The average Bonchev–Trinajstić information content (AvgIpc) is 3.11. The first-order chi connectivity index (χ1) is 12.6. The van der Waals surface area contributed by atoms with Crippen molar-refractivity contribution in [3.8, 4) is 5.75 Å². The van der Waals surface area contributed by atoms with E-state index in [0.717, 1.165) is 0 Å². The second-order valence-electron chi connectivity index (χ2n) is 6.35. The third kappa shape index (κ3) is 4.00.